The second-order valence-electron chi connectivity index (χ2n) is 7.01. The van der Waals surface area contributed by atoms with E-state index in [1.165, 1.54) is 5.56 Å². The number of benzene rings is 1. The van der Waals surface area contributed by atoms with Gasteiger partial charge in [0.2, 0.25) is 0 Å². The number of fused-ring (bicyclic) bond motifs is 1. The van der Waals surface area contributed by atoms with Gasteiger partial charge in [0.15, 0.2) is 0 Å². The largest absolute Gasteiger partial charge is 0.330 e. The van der Waals surface area contributed by atoms with Crippen LogP contribution in [0.3, 0.4) is 0 Å². The number of hydrogen-bond donors (Lipinski definition) is 1. The number of H-pyrrole nitrogens is 1. The predicted octanol–water partition coefficient (Wildman–Crippen LogP) is 2.39. The summed E-state index contributed by atoms with van der Waals surface area (Å²) in [6.45, 7) is 1.61. The van der Waals surface area contributed by atoms with Gasteiger partial charge in [0, 0.05) is 24.8 Å². The smallest absolute Gasteiger partial charge is 0.254 e. The number of nitrogens with zero attached hydrogens (tertiary/aromatic N) is 5. The van der Waals surface area contributed by atoms with Gasteiger partial charge in [0.05, 0.1) is 11.7 Å². The van der Waals surface area contributed by atoms with E-state index in [1.807, 2.05) is 37.3 Å². The normalized spacial score (nSPS) is 17.3. The molecule has 1 atom stereocenters. The van der Waals surface area contributed by atoms with Gasteiger partial charge in [-0.25, -0.2) is 0 Å². The van der Waals surface area contributed by atoms with Crippen LogP contribution in [0.4, 0.5) is 0 Å². The van der Waals surface area contributed by atoms with Crippen LogP contribution in [0.1, 0.15) is 40.5 Å². The van der Waals surface area contributed by atoms with Crippen LogP contribution in [0.25, 0.3) is 11.0 Å². The minimum atomic E-state index is 0.0246. The zero-order valence-electron chi connectivity index (χ0n) is 15.0. The van der Waals surface area contributed by atoms with Crippen LogP contribution in [-0.4, -0.2) is 56.7 Å². The molecule has 7 heteroatoms. The van der Waals surface area contributed by atoms with Gasteiger partial charge in [-0.3, -0.25) is 9.78 Å². The fourth-order valence-electron chi connectivity index (χ4n) is 3.55. The summed E-state index contributed by atoms with van der Waals surface area (Å²) >= 11 is 0. The lowest BCUT2D eigenvalue weighted by Crippen LogP contribution is -2.31. The molecule has 0 spiro atoms. The summed E-state index contributed by atoms with van der Waals surface area (Å²) in [6.07, 6.45) is 3.85. The Labute approximate surface area is 152 Å². The number of likely N-dealkylation sites (tertiary alicyclic amines) is 1. The highest BCUT2D eigenvalue weighted by Crippen LogP contribution is 2.32. The van der Waals surface area contributed by atoms with Gasteiger partial charge < -0.3 is 9.80 Å². The van der Waals surface area contributed by atoms with Crippen LogP contribution in [-0.2, 0) is 6.54 Å². The Morgan fingerprint density at radius 3 is 2.85 bits per heavy atom. The van der Waals surface area contributed by atoms with Crippen molar-refractivity contribution >= 4 is 16.9 Å². The van der Waals surface area contributed by atoms with E-state index < -0.39 is 0 Å². The third-order valence-electron chi connectivity index (χ3n) is 4.76. The second kappa shape index (κ2) is 6.84. The van der Waals surface area contributed by atoms with Crippen LogP contribution >= 0.6 is 0 Å². The molecule has 2 aromatic heterocycles. The van der Waals surface area contributed by atoms with E-state index in [4.69, 9.17) is 0 Å². The Balaban J connectivity index is 1.56. The van der Waals surface area contributed by atoms with Crippen molar-refractivity contribution < 1.29 is 4.79 Å². The molecule has 0 unspecified atom stereocenters. The molecule has 3 aromatic rings. The average molecular weight is 350 g/mol. The van der Waals surface area contributed by atoms with Crippen molar-refractivity contribution in [2.24, 2.45) is 0 Å². The maximum Gasteiger partial charge on any atom is 0.254 e. The molecule has 0 bridgehead atoms. The molecule has 0 saturated carbocycles. The molecule has 4 rings (SSSR count). The van der Waals surface area contributed by atoms with Gasteiger partial charge in [-0.05, 0) is 56.8 Å². The number of carbonyl (C=O) groups excluding carboxylic acids is 1. The molecule has 3 heterocycles. The van der Waals surface area contributed by atoms with Gasteiger partial charge >= 0.3 is 0 Å². The first-order valence-corrected chi connectivity index (χ1v) is 8.83. The topological polar surface area (TPSA) is 78.0 Å². The van der Waals surface area contributed by atoms with Crippen molar-refractivity contribution in [3.05, 3.63) is 53.3 Å². The Kier molecular flexibility index (Phi) is 4.38. The number of pyridine rings is 1. The third kappa shape index (κ3) is 3.17. The molecule has 1 aliphatic rings. The summed E-state index contributed by atoms with van der Waals surface area (Å²) in [5.74, 6) is 0.0246. The van der Waals surface area contributed by atoms with Crippen molar-refractivity contribution in [1.82, 2.24) is 30.2 Å². The van der Waals surface area contributed by atoms with Crippen molar-refractivity contribution in [1.29, 1.82) is 0 Å². The quantitative estimate of drug-likeness (QED) is 0.782. The zero-order valence-corrected chi connectivity index (χ0v) is 15.0. The highest BCUT2D eigenvalue weighted by molar-refractivity contribution is 5.97. The van der Waals surface area contributed by atoms with E-state index in [1.54, 1.807) is 6.07 Å². The molecule has 1 fully saturated rings. The molecule has 0 aliphatic carbocycles. The second-order valence-corrected chi connectivity index (χ2v) is 7.01. The summed E-state index contributed by atoms with van der Waals surface area (Å²) in [7, 11) is 4.08. The fourth-order valence-corrected chi connectivity index (χ4v) is 3.55. The van der Waals surface area contributed by atoms with Gasteiger partial charge in [-0.15, -0.1) is 0 Å². The Morgan fingerprint density at radius 2 is 2.08 bits per heavy atom. The van der Waals surface area contributed by atoms with Crippen LogP contribution in [0.5, 0.6) is 0 Å². The number of nitrogens with one attached hydrogen (secondary N) is 1. The standard InChI is InChI=1S/C19H22N6O/c1-24(2)12-13-5-7-16(20-11-13)18-4-3-9-25(18)19(26)14-6-8-15-17(10-14)22-23-21-15/h5-8,10-11,18H,3-4,9,12H2,1-2H3,(H,21,22,23)/t18-/m1/s1. The average Bonchev–Trinajstić information content (AvgIpc) is 3.30. The van der Waals surface area contributed by atoms with E-state index in [-0.39, 0.29) is 11.9 Å². The summed E-state index contributed by atoms with van der Waals surface area (Å²) in [6, 6.07) is 9.62. The van der Waals surface area contributed by atoms with E-state index in [0.717, 1.165) is 37.1 Å². The predicted molar refractivity (Wildman–Crippen MR) is 98.5 cm³/mol. The van der Waals surface area contributed by atoms with E-state index in [2.05, 4.69) is 37.4 Å². The highest BCUT2D eigenvalue weighted by atomic mass is 16.2. The number of carbonyl (C=O) groups is 1. The maximum atomic E-state index is 13.0. The number of rotatable bonds is 4. The zero-order chi connectivity index (χ0) is 18.1. The number of hydrogen-bond acceptors (Lipinski definition) is 5. The first-order chi connectivity index (χ1) is 12.6. The molecule has 0 radical (unpaired) electrons. The van der Waals surface area contributed by atoms with Gasteiger partial charge in [-0.1, -0.05) is 6.07 Å². The fraction of sp³-hybridized carbons (Fsp3) is 0.368. The minimum absolute atomic E-state index is 0.0246. The molecular weight excluding hydrogens is 328 g/mol. The van der Waals surface area contributed by atoms with E-state index in [9.17, 15) is 4.79 Å². The number of aromatic amines is 1. The summed E-state index contributed by atoms with van der Waals surface area (Å²) in [4.78, 5) is 21.7. The Morgan fingerprint density at radius 1 is 1.23 bits per heavy atom. The van der Waals surface area contributed by atoms with Gasteiger partial charge in [0.1, 0.15) is 11.0 Å². The highest BCUT2D eigenvalue weighted by Gasteiger charge is 2.31. The number of aromatic nitrogens is 4. The SMILES string of the molecule is CN(C)Cc1ccc([C@H]2CCCN2C(=O)c2ccc3n[nH]nc3c2)nc1. The van der Waals surface area contributed by atoms with Crippen LogP contribution < -0.4 is 0 Å². The maximum absolute atomic E-state index is 13.0. The lowest BCUT2D eigenvalue weighted by atomic mass is 10.1. The monoisotopic (exact) mass is 350 g/mol. The van der Waals surface area contributed by atoms with E-state index >= 15 is 0 Å². The molecule has 7 nitrogen and oxygen atoms in total. The first kappa shape index (κ1) is 16.7. The lowest BCUT2D eigenvalue weighted by molar-refractivity contribution is 0.0733. The summed E-state index contributed by atoms with van der Waals surface area (Å²) in [5.41, 5.74) is 4.24. The van der Waals surface area contributed by atoms with Crippen LogP contribution in [0, 0.1) is 0 Å². The van der Waals surface area contributed by atoms with Crippen molar-refractivity contribution in [3.63, 3.8) is 0 Å². The van der Waals surface area contributed by atoms with Crippen LogP contribution in [0.15, 0.2) is 36.5 Å². The Hall–Kier alpha value is -2.80. The van der Waals surface area contributed by atoms with Crippen molar-refractivity contribution in [3.8, 4) is 0 Å². The molecule has 1 aliphatic heterocycles. The molecule has 1 N–H and O–H groups in total. The summed E-state index contributed by atoms with van der Waals surface area (Å²) < 4.78 is 0. The van der Waals surface area contributed by atoms with Crippen LogP contribution in [0.2, 0.25) is 0 Å². The third-order valence-corrected chi connectivity index (χ3v) is 4.76. The van der Waals surface area contributed by atoms with Gasteiger partial charge in [0.25, 0.3) is 5.91 Å². The minimum Gasteiger partial charge on any atom is -0.330 e. The summed E-state index contributed by atoms with van der Waals surface area (Å²) in [5, 5.41) is 10.7. The molecule has 1 saturated heterocycles. The van der Waals surface area contributed by atoms with E-state index in [0.29, 0.717) is 11.1 Å². The molecule has 1 amide bonds. The van der Waals surface area contributed by atoms with Crippen molar-refractivity contribution in [2.45, 2.75) is 25.4 Å². The first-order valence-electron chi connectivity index (χ1n) is 8.83. The van der Waals surface area contributed by atoms with Gasteiger partial charge in [-0.2, -0.15) is 15.4 Å². The number of amides is 1. The molecule has 134 valence electrons. The molecular formula is C19H22N6O. The Bertz CT molecular complexity index is 917. The van der Waals surface area contributed by atoms with Crippen molar-refractivity contribution in [2.75, 3.05) is 20.6 Å². The molecule has 1 aromatic carbocycles. The lowest BCUT2D eigenvalue weighted by Gasteiger charge is -2.24. The molecule has 26 heavy (non-hydrogen) atoms.